The Kier molecular flexibility index (Phi) is 1.75. The minimum Gasteiger partial charge on any atom is -0.369 e. The van der Waals surface area contributed by atoms with E-state index in [9.17, 15) is 4.79 Å². The van der Waals surface area contributed by atoms with Gasteiger partial charge >= 0.3 is 0 Å². The number of nitrogens with zero attached hydrogens (tertiary/aromatic N) is 3. The summed E-state index contributed by atoms with van der Waals surface area (Å²) in [4.78, 5) is 10.9. The minimum absolute atomic E-state index is 0.170. The number of carbonyl (C=O) groups excluding carboxylic acids is 1. The molecule has 0 spiro atoms. The third-order valence-electron chi connectivity index (χ3n) is 1.11. The molecule has 6 heteroatoms. The van der Waals surface area contributed by atoms with E-state index in [4.69, 9.17) is 11.5 Å². The molecule has 1 aliphatic heterocycles. The zero-order valence-corrected chi connectivity index (χ0v) is 6.11. The molecule has 0 fully saturated rings. The van der Waals surface area contributed by atoms with Crippen molar-refractivity contribution in [3.05, 3.63) is 0 Å². The molecule has 11 heavy (non-hydrogen) atoms. The monoisotopic (exact) mass is 155 g/mol. The van der Waals surface area contributed by atoms with Crippen LogP contribution in [-0.2, 0) is 4.79 Å². The third kappa shape index (κ3) is 1.66. The second-order valence-corrected chi connectivity index (χ2v) is 2.22. The van der Waals surface area contributed by atoms with Crippen molar-refractivity contribution >= 4 is 17.6 Å². The number of hydrazone groups is 2. The Morgan fingerprint density at radius 2 is 2.36 bits per heavy atom. The first-order chi connectivity index (χ1) is 5.09. The normalized spacial score (nSPS) is 16.6. The first-order valence-electron chi connectivity index (χ1n) is 3.06. The molecular weight excluding hydrogens is 146 g/mol. The van der Waals surface area contributed by atoms with Crippen LogP contribution in [0.2, 0.25) is 0 Å². The molecule has 4 N–H and O–H groups in total. The summed E-state index contributed by atoms with van der Waals surface area (Å²) in [6, 6.07) is 0. The number of guanidine groups is 1. The maximum Gasteiger partial charge on any atom is 0.270 e. The van der Waals surface area contributed by atoms with Crippen molar-refractivity contribution in [2.75, 3.05) is 0 Å². The van der Waals surface area contributed by atoms with Gasteiger partial charge in [-0.3, -0.25) is 4.79 Å². The van der Waals surface area contributed by atoms with Crippen LogP contribution >= 0.6 is 0 Å². The topological polar surface area (TPSA) is 97.1 Å². The van der Waals surface area contributed by atoms with Gasteiger partial charge in [0.05, 0.1) is 6.42 Å². The molecule has 0 unspecified atom stereocenters. The highest BCUT2D eigenvalue weighted by atomic mass is 16.2. The van der Waals surface area contributed by atoms with E-state index >= 15 is 0 Å². The number of rotatable bonds is 1. The second-order valence-electron chi connectivity index (χ2n) is 2.22. The Bertz CT molecular complexity index is 239. The molecule has 0 radical (unpaired) electrons. The number of amides is 1. The van der Waals surface area contributed by atoms with E-state index in [1.165, 1.54) is 0 Å². The summed E-state index contributed by atoms with van der Waals surface area (Å²) in [5.74, 6) is -0.382. The predicted molar refractivity (Wildman–Crippen MR) is 40.4 cm³/mol. The minimum atomic E-state index is -0.212. The lowest BCUT2D eigenvalue weighted by molar-refractivity contribution is -0.128. The molecular formula is C5H9N5O. The fraction of sp³-hybridized carbons (Fsp3) is 0.400. The lowest BCUT2D eigenvalue weighted by atomic mass is 10.3. The molecule has 6 nitrogen and oxygen atoms in total. The van der Waals surface area contributed by atoms with Gasteiger partial charge in [0.15, 0.2) is 0 Å². The second kappa shape index (κ2) is 2.57. The fourth-order valence-electron chi connectivity index (χ4n) is 0.730. The first kappa shape index (κ1) is 7.52. The average Bonchev–Trinajstić information content (AvgIpc) is 2.09. The summed E-state index contributed by atoms with van der Waals surface area (Å²) in [5.41, 5.74) is 10.8. The van der Waals surface area contributed by atoms with Crippen LogP contribution in [0.1, 0.15) is 13.3 Å². The smallest absolute Gasteiger partial charge is 0.270 e. The SMILES string of the molecule is CC1=NN(N=C(N)N)C(=O)C1. The Hall–Kier alpha value is -1.59. The van der Waals surface area contributed by atoms with Gasteiger partial charge in [-0.2, -0.15) is 5.10 Å². The summed E-state index contributed by atoms with van der Waals surface area (Å²) in [5, 5.41) is 8.15. The van der Waals surface area contributed by atoms with Crippen molar-refractivity contribution < 1.29 is 4.79 Å². The van der Waals surface area contributed by atoms with Crippen molar-refractivity contribution in [1.29, 1.82) is 0 Å². The van der Waals surface area contributed by atoms with Gasteiger partial charge in [0.1, 0.15) is 0 Å². The molecule has 1 aliphatic rings. The van der Waals surface area contributed by atoms with E-state index in [1.54, 1.807) is 6.92 Å². The maximum atomic E-state index is 10.9. The van der Waals surface area contributed by atoms with Crippen LogP contribution in [0, 0.1) is 0 Å². The first-order valence-corrected chi connectivity index (χ1v) is 3.06. The molecule has 0 saturated carbocycles. The highest BCUT2D eigenvalue weighted by Gasteiger charge is 2.20. The summed E-state index contributed by atoms with van der Waals surface area (Å²) in [6.07, 6.45) is 0.288. The Morgan fingerprint density at radius 3 is 2.73 bits per heavy atom. The van der Waals surface area contributed by atoms with Crippen LogP contribution in [-0.4, -0.2) is 22.7 Å². The van der Waals surface area contributed by atoms with Crippen LogP contribution in [0.15, 0.2) is 10.2 Å². The number of hydrogen-bond acceptors (Lipinski definition) is 3. The molecule has 1 amide bonds. The van der Waals surface area contributed by atoms with Gasteiger partial charge in [-0.25, -0.2) is 0 Å². The van der Waals surface area contributed by atoms with Gasteiger partial charge in [0.25, 0.3) is 5.91 Å². The van der Waals surface area contributed by atoms with Crippen molar-refractivity contribution in [2.24, 2.45) is 21.7 Å². The van der Waals surface area contributed by atoms with Crippen molar-refractivity contribution in [1.82, 2.24) is 5.12 Å². The van der Waals surface area contributed by atoms with Crippen LogP contribution in [0.3, 0.4) is 0 Å². The molecule has 60 valence electrons. The maximum absolute atomic E-state index is 10.9. The highest BCUT2D eigenvalue weighted by Crippen LogP contribution is 2.06. The largest absolute Gasteiger partial charge is 0.369 e. The number of nitrogens with two attached hydrogens (primary N) is 2. The summed E-state index contributed by atoms with van der Waals surface area (Å²) >= 11 is 0. The van der Waals surface area contributed by atoms with Gasteiger partial charge in [-0.15, -0.1) is 10.2 Å². The van der Waals surface area contributed by atoms with Crippen molar-refractivity contribution in [2.45, 2.75) is 13.3 Å². The van der Waals surface area contributed by atoms with E-state index in [-0.39, 0.29) is 18.3 Å². The zero-order valence-electron chi connectivity index (χ0n) is 6.11. The van der Waals surface area contributed by atoms with Crippen LogP contribution < -0.4 is 11.5 Å². The Balaban J connectivity index is 2.74. The predicted octanol–water partition coefficient (Wildman–Crippen LogP) is -1.22. The standard InChI is InChI=1S/C5H9N5O/c1-3-2-4(11)10(8-3)9-5(6)7/h2H2,1H3,(H4,6,7,9). The molecule has 0 saturated heterocycles. The molecule has 0 aromatic carbocycles. The van der Waals surface area contributed by atoms with E-state index in [1.807, 2.05) is 0 Å². The van der Waals surface area contributed by atoms with Crippen LogP contribution in [0.25, 0.3) is 0 Å². The molecule has 1 rings (SSSR count). The number of carbonyl (C=O) groups is 1. The zero-order chi connectivity index (χ0) is 8.43. The summed E-state index contributed by atoms with van der Waals surface area (Å²) in [7, 11) is 0. The van der Waals surface area contributed by atoms with Crippen molar-refractivity contribution in [3.63, 3.8) is 0 Å². The quantitative estimate of drug-likeness (QED) is 0.367. The fourth-order valence-corrected chi connectivity index (χ4v) is 0.730. The lowest BCUT2D eigenvalue weighted by Gasteiger charge is -2.02. The van der Waals surface area contributed by atoms with Crippen LogP contribution in [0.4, 0.5) is 0 Å². The molecule has 1 heterocycles. The molecule has 0 aromatic rings. The van der Waals surface area contributed by atoms with E-state index < -0.39 is 0 Å². The Morgan fingerprint density at radius 1 is 1.73 bits per heavy atom. The lowest BCUT2D eigenvalue weighted by Crippen LogP contribution is -2.28. The van der Waals surface area contributed by atoms with Crippen molar-refractivity contribution in [3.8, 4) is 0 Å². The van der Waals surface area contributed by atoms with Gasteiger partial charge < -0.3 is 11.5 Å². The number of hydrogen-bond donors (Lipinski definition) is 2. The van der Waals surface area contributed by atoms with Crippen LogP contribution in [0.5, 0.6) is 0 Å². The van der Waals surface area contributed by atoms with E-state index in [2.05, 4.69) is 10.2 Å². The van der Waals surface area contributed by atoms with Gasteiger partial charge in [-0.05, 0) is 6.92 Å². The van der Waals surface area contributed by atoms with E-state index in [0.29, 0.717) is 5.71 Å². The molecule has 0 aliphatic carbocycles. The molecule has 0 atom stereocenters. The Labute approximate surface area is 63.5 Å². The molecule has 0 bridgehead atoms. The average molecular weight is 155 g/mol. The van der Waals surface area contributed by atoms with Gasteiger partial charge in [0.2, 0.25) is 5.96 Å². The highest BCUT2D eigenvalue weighted by molar-refractivity contribution is 6.03. The van der Waals surface area contributed by atoms with E-state index in [0.717, 1.165) is 5.12 Å². The van der Waals surface area contributed by atoms with Gasteiger partial charge in [-0.1, -0.05) is 0 Å². The summed E-state index contributed by atoms with van der Waals surface area (Å²) < 4.78 is 0. The van der Waals surface area contributed by atoms with Gasteiger partial charge in [0, 0.05) is 5.71 Å². The summed E-state index contributed by atoms with van der Waals surface area (Å²) in [6.45, 7) is 1.74. The third-order valence-corrected chi connectivity index (χ3v) is 1.11. The molecule has 0 aromatic heterocycles.